The number of hydrogen-bond donors (Lipinski definition) is 1. The average Bonchev–Trinajstić information content (AvgIpc) is 2.62. The molecule has 0 aliphatic heterocycles. The molecule has 0 unspecified atom stereocenters. The van der Waals surface area contributed by atoms with Gasteiger partial charge < -0.3 is 5.32 Å². The number of hydrogen-bond acceptors (Lipinski definition) is 3. The maximum atomic E-state index is 13.2. The lowest BCUT2D eigenvalue weighted by atomic mass is 10.1. The fourth-order valence-corrected chi connectivity index (χ4v) is 2.57. The van der Waals surface area contributed by atoms with Crippen LogP contribution in [0.2, 0.25) is 0 Å². The summed E-state index contributed by atoms with van der Waals surface area (Å²) in [5.74, 6) is 0.405. The van der Waals surface area contributed by atoms with Crippen molar-refractivity contribution >= 4 is 5.82 Å². The van der Waals surface area contributed by atoms with Gasteiger partial charge in [-0.3, -0.25) is 0 Å². The first-order valence-electron chi connectivity index (χ1n) is 8.04. The highest BCUT2D eigenvalue weighted by Gasteiger charge is 2.02. The highest BCUT2D eigenvalue weighted by Crippen LogP contribution is 2.13. The molecule has 2 aromatic heterocycles. The van der Waals surface area contributed by atoms with E-state index < -0.39 is 5.95 Å². The zero-order valence-corrected chi connectivity index (χ0v) is 13.7. The van der Waals surface area contributed by atoms with Crippen LogP contribution in [0.15, 0.2) is 60.9 Å². The fourth-order valence-electron chi connectivity index (χ4n) is 2.57. The van der Waals surface area contributed by atoms with Gasteiger partial charge in [0.2, 0.25) is 5.95 Å². The quantitative estimate of drug-likeness (QED) is 0.687. The summed E-state index contributed by atoms with van der Waals surface area (Å²) in [6.45, 7) is 2.29. The molecule has 0 amide bonds. The Morgan fingerprint density at radius 1 is 0.917 bits per heavy atom. The number of nitrogens with zero attached hydrogens (tertiary/aromatic N) is 2. The molecule has 0 radical (unpaired) electrons. The predicted octanol–water partition coefficient (Wildman–Crippen LogP) is 4.32. The third-order valence-corrected chi connectivity index (χ3v) is 3.91. The molecule has 0 bridgehead atoms. The van der Waals surface area contributed by atoms with E-state index in [1.54, 1.807) is 19.2 Å². The second-order valence-electron chi connectivity index (χ2n) is 5.84. The molecule has 0 spiro atoms. The first-order chi connectivity index (χ1) is 11.7. The van der Waals surface area contributed by atoms with Crippen LogP contribution in [-0.4, -0.2) is 9.97 Å². The summed E-state index contributed by atoms with van der Waals surface area (Å²) in [7, 11) is 0. The van der Waals surface area contributed by atoms with E-state index in [-0.39, 0.29) is 0 Å². The lowest BCUT2D eigenvalue weighted by molar-refractivity contribution is 0.573. The van der Waals surface area contributed by atoms with Gasteiger partial charge in [0.25, 0.3) is 0 Å². The molecular formula is C20H20FN3. The second-order valence-corrected chi connectivity index (χ2v) is 5.84. The Labute approximate surface area is 141 Å². The van der Waals surface area contributed by atoms with Gasteiger partial charge in [0.15, 0.2) is 0 Å². The van der Waals surface area contributed by atoms with Crippen molar-refractivity contribution in [3.8, 4) is 0 Å². The van der Waals surface area contributed by atoms with Crippen LogP contribution < -0.4 is 5.32 Å². The molecule has 0 saturated carbocycles. The molecule has 2 heterocycles. The van der Waals surface area contributed by atoms with Gasteiger partial charge >= 0.3 is 0 Å². The molecule has 0 aliphatic rings. The van der Waals surface area contributed by atoms with E-state index in [1.807, 2.05) is 18.3 Å². The number of aromatic nitrogens is 2. The Bertz CT molecular complexity index is 803. The maximum absolute atomic E-state index is 13.2. The fraction of sp³-hybridized carbons (Fsp3) is 0.200. The summed E-state index contributed by atoms with van der Waals surface area (Å²) in [6.07, 6.45) is 5.34. The molecule has 122 valence electrons. The van der Waals surface area contributed by atoms with Gasteiger partial charge in [-0.1, -0.05) is 30.3 Å². The molecule has 0 aliphatic carbocycles. The van der Waals surface area contributed by atoms with Crippen LogP contribution in [-0.2, 0) is 19.4 Å². The van der Waals surface area contributed by atoms with E-state index in [0.717, 1.165) is 24.2 Å². The molecule has 3 nitrogen and oxygen atoms in total. The van der Waals surface area contributed by atoms with E-state index in [4.69, 9.17) is 0 Å². The molecule has 1 N–H and O–H groups in total. The summed E-state index contributed by atoms with van der Waals surface area (Å²) < 4.78 is 13.2. The van der Waals surface area contributed by atoms with E-state index in [0.29, 0.717) is 12.1 Å². The minimum atomic E-state index is -0.417. The third-order valence-electron chi connectivity index (χ3n) is 3.91. The lowest BCUT2D eigenvalue weighted by Gasteiger charge is -2.08. The normalized spacial score (nSPS) is 10.6. The molecule has 3 rings (SSSR count). The number of nitrogens with one attached hydrogen (secondary N) is 1. The van der Waals surface area contributed by atoms with Crippen LogP contribution in [0.25, 0.3) is 0 Å². The number of halogens is 1. The largest absolute Gasteiger partial charge is 0.366 e. The number of rotatable bonds is 6. The first-order valence-corrected chi connectivity index (χ1v) is 8.04. The van der Waals surface area contributed by atoms with Crippen molar-refractivity contribution < 1.29 is 4.39 Å². The highest BCUT2D eigenvalue weighted by atomic mass is 19.1. The second kappa shape index (κ2) is 7.68. The summed E-state index contributed by atoms with van der Waals surface area (Å²) in [6, 6.07) is 16.3. The molecule has 0 saturated heterocycles. The molecule has 24 heavy (non-hydrogen) atoms. The molecule has 1 aromatic carbocycles. The van der Waals surface area contributed by atoms with E-state index in [9.17, 15) is 4.39 Å². The van der Waals surface area contributed by atoms with Crippen molar-refractivity contribution in [3.05, 3.63) is 89.1 Å². The van der Waals surface area contributed by atoms with Crippen molar-refractivity contribution in [2.75, 3.05) is 5.32 Å². The van der Waals surface area contributed by atoms with Crippen molar-refractivity contribution in [3.63, 3.8) is 0 Å². The van der Waals surface area contributed by atoms with Crippen LogP contribution in [0, 0.1) is 12.9 Å². The van der Waals surface area contributed by atoms with Crippen molar-refractivity contribution in [2.45, 2.75) is 26.3 Å². The summed E-state index contributed by atoms with van der Waals surface area (Å²) in [4.78, 5) is 8.09. The Morgan fingerprint density at radius 2 is 1.71 bits per heavy atom. The summed E-state index contributed by atoms with van der Waals surface area (Å²) >= 11 is 0. The monoisotopic (exact) mass is 321 g/mol. The number of aryl methyl sites for hydroxylation is 3. The molecule has 4 heteroatoms. The van der Waals surface area contributed by atoms with Crippen LogP contribution in [0.5, 0.6) is 0 Å². The first kappa shape index (κ1) is 16.1. The molecular weight excluding hydrogens is 301 g/mol. The highest BCUT2D eigenvalue weighted by molar-refractivity contribution is 5.39. The van der Waals surface area contributed by atoms with E-state index in [2.05, 4.69) is 45.6 Å². The third kappa shape index (κ3) is 4.38. The van der Waals surface area contributed by atoms with E-state index in [1.165, 1.54) is 11.1 Å². The minimum absolute atomic E-state index is 0.417. The van der Waals surface area contributed by atoms with Gasteiger partial charge in [0, 0.05) is 24.5 Å². The topological polar surface area (TPSA) is 37.8 Å². The smallest absolute Gasteiger partial charge is 0.215 e. The van der Waals surface area contributed by atoms with Crippen molar-refractivity contribution in [1.82, 2.24) is 9.97 Å². The van der Waals surface area contributed by atoms with Crippen LogP contribution in [0.1, 0.15) is 22.3 Å². The average molecular weight is 321 g/mol. The Kier molecular flexibility index (Phi) is 5.16. The van der Waals surface area contributed by atoms with Crippen LogP contribution in [0.4, 0.5) is 10.2 Å². The predicted molar refractivity (Wildman–Crippen MR) is 94.3 cm³/mol. The van der Waals surface area contributed by atoms with Crippen molar-refractivity contribution in [2.24, 2.45) is 0 Å². The lowest BCUT2D eigenvalue weighted by Crippen LogP contribution is -2.04. The minimum Gasteiger partial charge on any atom is -0.366 e. The van der Waals surface area contributed by atoms with Gasteiger partial charge in [-0.05, 0) is 54.7 Å². The SMILES string of the molecule is Cc1cc(CNc2cc(CCc3ccccc3)ccn2)cnc1F. The Balaban J connectivity index is 1.59. The van der Waals surface area contributed by atoms with Gasteiger partial charge in [-0.15, -0.1) is 0 Å². The number of pyridine rings is 2. The standard InChI is InChI=1S/C20H20FN3/c1-15-11-18(14-24-20(15)21)13-23-19-12-17(9-10-22-19)8-7-16-5-3-2-4-6-16/h2-6,9-12,14H,7-8,13H2,1H3,(H,22,23). The zero-order chi connectivity index (χ0) is 16.8. The van der Waals surface area contributed by atoms with Crippen LogP contribution in [0.3, 0.4) is 0 Å². The maximum Gasteiger partial charge on any atom is 0.215 e. The van der Waals surface area contributed by atoms with Gasteiger partial charge in [0.05, 0.1) is 0 Å². The number of benzene rings is 1. The van der Waals surface area contributed by atoms with Gasteiger partial charge in [-0.2, -0.15) is 4.39 Å². The van der Waals surface area contributed by atoms with Crippen LogP contribution >= 0.6 is 0 Å². The van der Waals surface area contributed by atoms with Crippen molar-refractivity contribution in [1.29, 1.82) is 0 Å². The Morgan fingerprint density at radius 3 is 2.50 bits per heavy atom. The van der Waals surface area contributed by atoms with E-state index >= 15 is 0 Å². The summed E-state index contributed by atoms with van der Waals surface area (Å²) in [5.41, 5.74) is 4.06. The Hall–Kier alpha value is -2.75. The molecule has 0 atom stereocenters. The summed E-state index contributed by atoms with van der Waals surface area (Å²) in [5, 5.41) is 3.27. The zero-order valence-electron chi connectivity index (χ0n) is 13.7. The van der Waals surface area contributed by atoms with Gasteiger partial charge in [0.1, 0.15) is 5.82 Å². The van der Waals surface area contributed by atoms with Gasteiger partial charge in [-0.25, -0.2) is 9.97 Å². The molecule has 3 aromatic rings. The number of anilines is 1. The molecule has 0 fully saturated rings.